The van der Waals surface area contributed by atoms with E-state index in [-0.39, 0.29) is 0 Å². The van der Waals surface area contributed by atoms with E-state index in [9.17, 15) is 0 Å². The van der Waals surface area contributed by atoms with Gasteiger partial charge >= 0.3 is 0 Å². The molecule has 1 aromatic heterocycles. The molecule has 2 rings (SSSR count). The lowest BCUT2D eigenvalue weighted by molar-refractivity contribution is 0.0535. The van der Waals surface area contributed by atoms with Crippen LogP contribution < -0.4 is 5.32 Å². The molecule has 1 N–H and O–H groups in total. The first-order valence-corrected chi connectivity index (χ1v) is 6.08. The van der Waals surface area contributed by atoms with E-state index in [2.05, 4.69) is 28.1 Å². The number of hydrogen-bond donors (Lipinski definition) is 1. The van der Waals surface area contributed by atoms with E-state index in [1.807, 2.05) is 13.2 Å². The second kappa shape index (κ2) is 5.46. The highest BCUT2D eigenvalue weighted by molar-refractivity contribution is 5.08. The molecule has 0 aromatic carbocycles. The Morgan fingerprint density at radius 2 is 2.56 bits per heavy atom. The Bertz CT molecular complexity index is 318. The van der Waals surface area contributed by atoms with Gasteiger partial charge in [0.05, 0.1) is 12.6 Å². The Hall–Kier alpha value is -0.870. The summed E-state index contributed by atoms with van der Waals surface area (Å²) in [5.74, 6) is 0.495. The minimum Gasteiger partial charge on any atom is -0.379 e. The third-order valence-electron chi connectivity index (χ3n) is 3.20. The molecule has 2 unspecified atom stereocenters. The highest BCUT2D eigenvalue weighted by Gasteiger charge is 2.20. The zero-order valence-electron chi connectivity index (χ0n) is 10.1. The van der Waals surface area contributed by atoms with Gasteiger partial charge in [-0.05, 0) is 26.0 Å². The molecule has 0 saturated carbocycles. The summed E-state index contributed by atoms with van der Waals surface area (Å²) in [6.07, 6.45) is 4.22. The van der Waals surface area contributed by atoms with Crippen molar-refractivity contribution in [1.82, 2.24) is 15.1 Å². The molecule has 0 amide bonds. The van der Waals surface area contributed by atoms with Crippen molar-refractivity contribution in [1.29, 1.82) is 0 Å². The van der Waals surface area contributed by atoms with Crippen LogP contribution in [0, 0.1) is 0 Å². The predicted octanol–water partition coefficient (Wildman–Crippen LogP) is 1.56. The minimum absolute atomic E-state index is 0.429. The normalized spacial score (nSPS) is 23.2. The smallest absolute Gasteiger partial charge is 0.0756 e. The molecule has 1 aliphatic heterocycles. The van der Waals surface area contributed by atoms with Crippen molar-refractivity contribution < 1.29 is 4.74 Å². The number of likely N-dealkylation sites (N-methyl/N-ethyl adjacent to an activating group) is 1. The number of hydrogen-bond acceptors (Lipinski definition) is 3. The first-order chi connectivity index (χ1) is 7.83. The summed E-state index contributed by atoms with van der Waals surface area (Å²) in [5.41, 5.74) is 1.31. The van der Waals surface area contributed by atoms with Crippen molar-refractivity contribution >= 4 is 0 Å². The van der Waals surface area contributed by atoms with E-state index in [1.165, 1.54) is 12.1 Å². The molecule has 0 spiro atoms. The maximum atomic E-state index is 5.52. The first-order valence-electron chi connectivity index (χ1n) is 6.08. The van der Waals surface area contributed by atoms with E-state index in [4.69, 9.17) is 4.74 Å². The Balaban J connectivity index is 2.11. The van der Waals surface area contributed by atoms with Gasteiger partial charge in [0, 0.05) is 31.0 Å². The third kappa shape index (κ3) is 2.44. The summed E-state index contributed by atoms with van der Waals surface area (Å²) < 4.78 is 7.68. The van der Waals surface area contributed by atoms with Gasteiger partial charge in [-0.25, -0.2) is 0 Å². The lowest BCUT2D eigenvalue weighted by Gasteiger charge is -2.25. The fraction of sp³-hybridized carbons (Fsp3) is 0.750. The van der Waals surface area contributed by atoms with Gasteiger partial charge in [-0.2, -0.15) is 5.10 Å². The highest BCUT2D eigenvalue weighted by Crippen LogP contribution is 2.23. The van der Waals surface area contributed by atoms with Gasteiger partial charge in [-0.1, -0.05) is 6.92 Å². The quantitative estimate of drug-likeness (QED) is 0.842. The largest absolute Gasteiger partial charge is 0.379 e. The third-order valence-corrected chi connectivity index (χ3v) is 3.20. The molecule has 1 aromatic rings. The number of rotatable bonds is 4. The lowest BCUT2D eigenvalue weighted by Crippen LogP contribution is -2.26. The summed E-state index contributed by atoms with van der Waals surface area (Å²) in [7, 11) is 1.99. The fourth-order valence-electron chi connectivity index (χ4n) is 2.35. The molecule has 0 aliphatic carbocycles. The van der Waals surface area contributed by atoms with E-state index < -0.39 is 0 Å². The highest BCUT2D eigenvalue weighted by atomic mass is 16.5. The van der Waals surface area contributed by atoms with Crippen molar-refractivity contribution in [2.24, 2.45) is 0 Å². The van der Waals surface area contributed by atoms with E-state index >= 15 is 0 Å². The van der Waals surface area contributed by atoms with Crippen molar-refractivity contribution in [3.05, 3.63) is 18.0 Å². The molecule has 2 heterocycles. The van der Waals surface area contributed by atoms with Crippen LogP contribution >= 0.6 is 0 Å². The molecule has 4 heteroatoms. The van der Waals surface area contributed by atoms with Gasteiger partial charge in [0.15, 0.2) is 0 Å². The van der Waals surface area contributed by atoms with Crippen molar-refractivity contribution in [3.8, 4) is 0 Å². The molecule has 4 nitrogen and oxygen atoms in total. The number of nitrogens with one attached hydrogen (secondary N) is 1. The van der Waals surface area contributed by atoms with Crippen molar-refractivity contribution in [2.45, 2.75) is 31.7 Å². The maximum absolute atomic E-state index is 5.52. The lowest BCUT2D eigenvalue weighted by atomic mass is 10.1. The molecule has 90 valence electrons. The predicted molar refractivity (Wildman–Crippen MR) is 63.7 cm³/mol. The maximum Gasteiger partial charge on any atom is 0.0756 e. The Morgan fingerprint density at radius 3 is 3.25 bits per heavy atom. The summed E-state index contributed by atoms with van der Waals surface area (Å²) in [4.78, 5) is 0. The number of ether oxygens (including phenoxy) is 1. The summed E-state index contributed by atoms with van der Waals surface area (Å²) >= 11 is 0. The minimum atomic E-state index is 0.429. The number of nitrogens with zero attached hydrogens (tertiary/aromatic N) is 2. The zero-order chi connectivity index (χ0) is 11.4. The Labute approximate surface area is 97.0 Å². The molecule has 2 atom stereocenters. The average molecular weight is 223 g/mol. The monoisotopic (exact) mass is 223 g/mol. The molecular formula is C12H21N3O. The molecular weight excluding hydrogens is 202 g/mol. The first kappa shape index (κ1) is 11.6. The molecule has 0 radical (unpaired) electrons. The van der Waals surface area contributed by atoms with Crippen molar-refractivity contribution in [3.63, 3.8) is 0 Å². The van der Waals surface area contributed by atoms with Crippen LogP contribution in [0.3, 0.4) is 0 Å². The summed E-state index contributed by atoms with van der Waals surface area (Å²) in [6.45, 7) is 4.92. The van der Waals surface area contributed by atoms with E-state index in [1.54, 1.807) is 0 Å². The topological polar surface area (TPSA) is 39.1 Å². The summed E-state index contributed by atoms with van der Waals surface area (Å²) in [5, 5.41) is 7.67. The SMILES string of the molecule is CNCC(C)c1ccnn1C1CCCOC1. The summed E-state index contributed by atoms with van der Waals surface area (Å²) in [6, 6.07) is 2.55. The fourth-order valence-corrected chi connectivity index (χ4v) is 2.35. The van der Waals surface area contributed by atoms with Crippen LogP contribution in [0.1, 0.15) is 37.4 Å². The van der Waals surface area contributed by atoms with E-state index in [0.717, 1.165) is 26.2 Å². The van der Waals surface area contributed by atoms with Crippen molar-refractivity contribution in [2.75, 3.05) is 26.8 Å². The van der Waals surface area contributed by atoms with Crippen LogP contribution in [0.5, 0.6) is 0 Å². The standard InChI is InChI=1S/C12H21N3O/c1-10(8-13-2)12-5-6-14-15(12)11-4-3-7-16-9-11/h5-6,10-11,13H,3-4,7-9H2,1-2H3. The molecule has 0 bridgehead atoms. The van der Waals surface area contributed by atoms with Crippen LogP contribution in [0.25, 0.3) is 0 Å². The number of aromatic nitrogens is 2. The molecule has 1 aliphatic rings. The molecule has 16 heavy (non-hydrogen) atoms. The van der Waals surface area contributed by atoms with Crippen LogP contribution in [0.4, 0.5) is 0 Å². The van der Waals surface area contributed by atoms with Gasteiger partial charge < -0.3 is 10.1 Å². The van der Waals surface area contributed by atoms with Gasteiger partial charge in [0.1, 0.15) is 0 Å². The van der Waals surface area contributed by atoms with Gasteiger partial charge in [0.2, 0.25) is 0 Å². The van der Waals surface area contributed by atoms with E-state index in [0.29, 0.717) is 12.0 Å². The van der Waals surface area contributed by atoms with Gasteiger partial charge in [0.25, 0.3) is 0 Å². The Morgan fingerprint density at radius 1 is 1.69 bits per heavy atom. The van der Waals surface area contributed by atoms with Crippen LogP contribution in [-0.4, -0.2) is 36.6 Å². The van der Waals surface area contributed by atoms with Crippen LogP contribution in [-0.2, 0) is 4.74 Å². The van der Waals surface area contributed by atoms with Gasteiger partial charge in [-0.15, -0.1) is 0 Å². The molecule has 1 saturated heterocycles. The zero-order valence-corrected chi connectivity index (χ0v) is 10.1. The van der Waals surface area contributed by atoms with Crippen LogP contribution in [0.2, 0.25) is 0 Å². The average Bonchev–Trinajstić information content (AvgIpc) is 2.79. The Kier molecular flexibility index (Phi) is 3.96. The van der Waals surface area contributed by atoms with Gasteiger partial charge in [-0.3, -0.25) is 4.68 Å². The molecule has 1 fully saturated rings. The van der Waals surface area contributed by atoms with Crippen LogP contribution in [0.15, 0.2) is 12.3 Å². The second-order valence-corrected chi connectivity index (χ2v) is 4.53. The second-order valence-electron chi connectivity index (χ2n) is 4.53.